The highest BCUT2D eigenvalue weighted by Gasteiger charge is 2.72. The molecule has 0 unspecified atom stereocenters. The normalized spacial score (nSPS) is 51.5. The Labute approximate surface area is 66.9 Å². The summed E-state index contributed by atoms with van der Waals surface area (Å²) in [4.78, 5) is 0. The molecule has 0 radical (unpaired) electrons. The van der Waals surface area contributed by atoms with Crippen LogP contribution in [0, 0.1) is 17.8 Å². The van der Waals surface area contributed by atoms with Crippen LogP contribution in [-0.2, 0) is 9.47 Å². The van der Waals surface area contributed by atoms with Crippen molar-refractivity contribution in [1.82, 2.24) is 0 Å². The second-order valence-corrected chi connectivity index (χ2v) is 4.11. The van der Waals surface area contributed by atoms with E-state index in [1.54, 1.807) is 0 Å². The molecular weight excluding hydrogens is 140 g/mol. The van der Waals surface area contributed by atoms with E-state index in [-0.39, 0.29) is 5.79 Å². The molecule has 2 saturated carbocycles. The fourth-order valence-corrected chi connectivity index (χ4v) is 3.08. The maximum Gasteiger partial charge on any atom is 0.175 e. The van der Waals surface area contributed by atoms with Gasteiger partial charge in [0.25, 0.3) is 0 Å². The Morgan fingerprint density at radius 1 is 1.18 bits per heavy atom. The van der Waals surface area contributed by atoms with E-state index in [0.717, 1.165) is 31.0 Å². The summed E-state index contributed by atoms with van der Waals surface area (Å²) in [5, 5.41) is 0. The van der Waals surface area contributed by atoms with Crippen molar-refractivity contribution < 1.29 is 9.47 Å². The maximum atomic E-state index is 5.67. The van der Waals surface area contributed by atoms with E-state index in [1.165, 1.54) is 12.8 Å². The molecule has 0 aromatic heterocycles. The number of ether oxygens (including phenoxy) is 2. The van der Waals surface area contributed by atoms with E-state index in [1.807, 2.05) is 0 Å². The lowest BCUT2D eigenvalue weighted by molar-refractivity contribution is -0.104. The summed E-state index contributed by atoms with van der Waals surface area (Å²) >= 11 is 0. The van der Waals surface area contributed by atoms with Crippen LogP contribution in [0.4, 0.5) is 0 Å². The van der Waals surface area contributed by atoms with E-state index in [4.69, 9.17) is 9.47 Å². The lowest BCUT2D eigenvalue weighted by atomic mass is 10.1. The number of hydrogen-bond donors (Lipinski definition) is 0. The number of hydrogen-bond acceptors (Lipinski definition) is 2. The SMILES string of the molecule is C[C@@H]1CC[C@H]2[C@@H]1C21OCCO1. The zero-order valence-corrected chi connectivity index (χ0v) is 6.88. The number of rotatable bonds is 0. The molecule has 0 aromatic carbocycles. The first-order chi connectivity index (χ1) is 5.34. The molecule has 0 N–H and O–H groups in total. The van der Waals surface area contributed by atoms with Crippen molar-refractivity contribution in [3.8, 4) is 0 Å². The van der Waals surface area contributed by atoms with Gasteiger partial charge in [-0.15, -0.1) is 0 Å². The first-order valence-corrected chi connectivity index (χ1v) is 4.62. The average Bonchev–Trinajstić information content (AvgIpc) is 2.30. The molecule has 2 heteroatoms. The molecule has 2 aliphatic carbocycles. The largest absolute Gasteiger partial charge is 0.347 e. The van der Waals surface area contributed by atoms with Gasteiger partial charge in [0.15, 0.2) is 5.79 Å². The molecule has 0 aromatic rings. The Morgan fingerprint density at radius 3 is 2.45 bits per heavy atom. The third-order valence-electron chi connectivity index (χ3n) is 3.59. The minimum absolute atomic E-state index is 0.0718. The van der Waals surface area contributed by atoms with Gasteiger partial charge in [-0.05, 0) is 18.8 Å². The van der Waals surface area contributed by atoms with Crippen molar-refractivity contribution >= 4 is 0 Å². The second kappa shape index (κ2) is 1.80. The first kappa shape index (κ1) is 6.44. The maximum absolute atomic E-state index is 5.67. The van der Waals surface area contributed by atoms with Crippen LogP contribution in [0.1, 0.15) is 19.8 Å². The minimum atomic E-state index is -0.0718. The van der Waals surface area contributed by atoms with Gasteiger partial charge in [0, 0.05) is 11.8 Å². The molecule has 1 spiro atoms. The van der Waals surface area contributed by atoms with E-state index in [0.29, 0.717) is 0 Å². The third-order valence-corrected chi connectivity index (χ3v) is 3.59. The summed E-state index contributed by atoms with van der Waals surface area (Å²) in [7, 11) is 0. The van der Waals surface area contributed by atoms with E-state index in [9.17, 15) is 0 Å². The Bertz CT molecular complexity index is 184. The number of fused-ring (bicyclic) bond motifs is 3. The molecule has 1 aliphatic heterocycles. The molecule has 62 valence electrons. The van der Waals surface area contributed by atoms with Crippen LogP contribution < -0.4 is 0 Å². The highest BCUT2D eigenvalue weighted by Crippen LogP contribution is 2.66. The molecule has 1 saturated heterocycles. The molecule has 0 amide bonds. The van der Waals surface area contributed by atoms with Crippen LogP contribution in [0.3, 0.4) is 0 Å². The van der Waals surface area contributed by atoms with Crippen molar-refractivity contribution in [1.29, 1.82) is 0 Å². The molecular formula is C9H14O2. The smallest absolute Gasteiger partial charge is 0.175 e. The first-order valence-electron chi connectivity index (χ1n) is 4.62. The zero-order chi connectivity index (χ0) is 7.47. The van der Waals surface area contributed by atoms with Crippen molar-refractivity contribution in [2.24, 2.45) is 17.8 Å². The molecule has 3 fully saturated rings. The van der Waals surface area contributed by atoms with Gasteiger partial charge in [0.1, 0.15) is 0 Å². The van der Waals surface area contributed by atoms with Crippen LogP contribution in [0.25, 0.3) is 0 Å². The molecule has 3 aliphatic rings. The molecule has 0 bridgehead atoms. The van der Waals surface area contributed by atoms with Crippen LogP contribution in [0.2, 0.25) is 0 Å². The lowest BCUT2D eigenvalue weighted by Gasteiger charge is -2.15. The molecule has 1 heterocycles. The summed E-state index contributed by atoms with van der Waals surface area (Å²) in [6.45, 7) is 3.96. The van der Waals surface area contributed by atoms with Crippen molar-refractivity contribution in [3.05, 3.63) is 0 Å². The predicted molar refractivity (Wildman–Crippen MR) is 40.0 cm³/mol. The van der Waals surface area contributed by atoms with Crippen molar-refractivity contribution in [2.45, 2.75) is 25.6 Å². The lowest BCUT2D eigenvalue weighted by Crippen LogP contribution is -2.19. The van der Waals surface area contributed by atoms with Gasteiger partial charge in [-0.25, -0.2) is 0 Å². The Hall–Kier alpha value is -0.0800. The summed E-state index contributed by atoms with van der Waals surface area (Å²) in [6, 6.07) is 0. The minimum Gasteiger partial charge on any atom is -0.347 e. The van der Waals surface area contributed by atoms with Crippen LogP contribution in [0.5, 0.6) is 0 Å². The van der Waals surface area contributed by atoms with E-state index >= 15 is 0 Å². The van der Waals surface area contributed by atoms with Gasteiger partial charge in [-0.2, -0.15) is 0 Å². The second-order valence-electron chi connectivity index (χ2n) is 4.11. The van der Waals surface area contributed by atoms with Gasteiger partial charge in [0.2, 0.25) is 0 Å². The standard InChI is InChI=1S/C9H14O2/c1-6-2-3-7-8(6)9(7)10-4-5-11-9/h6-8H,2-5H2,1H3/t6-,7+,8-/m1/s1. The summed E-state index contributed by atoms with van der Waals surface area (Å²) in [6.07, 6.45) is 2.70. The molecule has 2 nitrogen and oxygen atoms in total. The van der Waals surface area contributed by atoms with Crippen LogP contribution in [-0.4, -0.2) is 19.0 Å². The van der Waals surface area contributed by atoms with Gasteiger partial charge in [-0.1, -0.05) is 6.92 Å². The van der Waals surface area contributed by atoms with Crippen molar-refractivity contribution in [2.75, 3.05) is 13.2 Å². The predicted octanol–water partition coefficient (Wildman–Crippen LogP) is 1.41. The fraction of sp³-hybridized carbons (Fsp3) is 1.00. The molecule has 3 rings (SSSR count). The van der Waals surface area contributed by atoms with Gasteiger partial charge < -0.3 is 9.47 Å². The average molecular weight is 154 g/mol. The Morgan fingerprint density at radius 2 is 1.91 bits per heavy atom. The van der Waals surface area contributed by atoms with Crippen LogP contribution in [0.15, 0.2) is 0 Å². The summed E-state index contributed by atoms with van der Waals surface area (Å²) in [5.74, 6) is 2.25. The van der Waals surface area contributed by atoms with Gasteiger partial charge >= 0.3 is 0 Å². The fourth-order valence-electron chi connectivity index (χ4n) is 3.08. The third kappa shape index (κ3) is 0.611. The van der Waals surface area contributed by atoms with Crippen LogP contribution >= 0.6 is 0 Å². The Balaban J connectivity index is 1.84. The zero-order valence-electron chi connectivity index (χ0n) is 6.88. The highest BCUT2D eigenvalue weighted by atomic mass is 16.7. The highest BCUT2D eigenvalue weighted by molar-refractivity contribution is 5.14. The van der Waals surface area contributed by atoms with Crippen molar-refractivity contribution in [3.63, 3.8) is 0 Å². The van der Waals surface area contributed by atoms with Gasteiger partial charge in [0.05, 0.1) is 13.2 Å². The summed E-state index contributed by atoms with van der Waals surface area (Å²) in [5.41, 5.74) is 0. The Kier molecular flexibility index (Phi) is 1.06. The monoisotopic (exact) mass is 154 g/mol. The van der Waals surface area contributed by atoms with E-state index in [2.05, 4.69) is 6.92 Å². The summed E-state index contributed by atoms with van der Waals surface area (Å²) < 4.78 is 11.3. The molecule has 11 heavy (non-hydrogen) atoms. The van der Waals surface area contributed by atoms with E-state index < -0.39 is 0 Å². The topological polar surface area (TPSA) is 18.5 Å². The molecule has 3 atom stereocenters. The quantitative estimate of drug-likeness (QED) is 0.525. The van der Waals surface area contributed by atoms with Gasteiger partial charge in [-0.3, -0.25) is 0 Å².